The van der Waals surface area contributed by atoms with Crippen LogP contribution in [0.15, 0.2) is 47.2 Å². The highest BCUT2D eigenvalue weighted by atomic mass is 79.9. The summed E-state index contributed by atoms with van der Waals surface area (Å²) in [6.07, 6.45) is 3.48. The van der Waals surface area contributed by atoms with Crippen molar-refractivity contribution in [3.63, 3.8) is 0 Å². The topological polar surface area (TPSA) is 79.3 Å². The van der Waals surface area contributed by atoms with Crippen molar-refractivity contribution in [2.75, 3.05) is 5.32 Å². The molecule has 0 bridgehead atoms. The summed E-state index contributed by atoms with van der Waals surface area (Å²) in [6, 6.07) is 7.97. The lowest BCUT2D eigenvalue weighted by Crippen LogP contribution is -2.15. The van der Waals surface area contributed by atoms with Gasteiger partial charge in [-0.3, -0.25) is 9.78 Å². The van der Waals surface area contributed by atoms with Crippen LogP contribution in [-0.2, 0) is 11.2 Å². The average molecular weight is 335 g/mol. The second kappa shape index (κ2) is 6.29. The molecule has 20 heavy (non-hydrogen) atoms. The molecule has 2 aromatic rings. The van der Waals surface area contributed by atoms with Gasteiger partial charge in [0.1, 0.15) is 0 Å². The van der Waals surface area contributed by atoms with Crippen LogP contribution < -0.4 is 5.32 Å². The zero-order valence-corrected chi connectivity index (χ0v) is 11.9. The largest absolute Gasteiger partial charge is 0.478 e. The zero-order valence-electron chi connectivity index (χ0n) is 10.3. The van der Waals surface area contributed by atoms with Crippen LogP contribution in [0.2, 0.25) is 0 Å². The van der Waals surface area contributed by atoms with E-state index in [2.05, 4.69) is 26.2 Å². The van der Waals surface area contributed by atoms with Gasteiger partial charge in [0.25, 0.3) is 0 Å². The number of amides is 1. The second-order valence-corrected chi connectivity index (χ2v) is 4.93. The average Bonchev–Trinajstić information content (AvgIpc) is 2.42. The number of hydrogen-bond acceptors (Lipinski definition) is 3. The summed E-state index contributed by atoms with van der Waals surface area (Å²) >= 11 is 3.24. The van der Waals surface area contributed by atoms with Gasteiger partial charge < -0.3 is 10.4 Å². The third-order valence-electron chi connectivity index (χ3n) is 2.60. The third-order valence-corrected chi connectivity index (χ3v) is 3.26. The number of aromatic carboxylic acids is 1. The molecule has 0 spiro atoms. The number of carboxylic acid groups (broad SMARTS) is 1. The Morgan fingerprint density at radius 2 is 1.90 bits per heavy atom. The summed E-state index contributed by atoms with van der Waals surface area (Å²) in [6.45, 7) is 0. The van der Waals surface area contributed by atoms with Crippen LogP contribution in [0.1, 0.15) is 15.9 Å². The molecule has 0 saturated heterocycles. The van der Waals surface area contributed by atoms with Crippen LogP contribution in [0.25, 0.3) is 0 Å². The van der Waals surface area contributed by atoms with E-state index in [0.717, 1.165) is 5.56 Å². The van der Waals surface area contributed by atoms with Gasteiger partial charge in [0.15, 0.2) is 0 Å². The molecular weight excluding hydrogens is 324 g/mol. The number of carbonyl (C=O) groups is 2. The molecule has 2 rings (SSSR count). The Labute approximate surface area is 123 Å². The summed E-state index contributed by atoms with van der Waals surface area (Å²) in [5.41, 5.74) is 1.55. The normalized spacial score (nSPS) is 10.1. The van der Waals surface area contributed by atoms with Crippen molar-refractivity contribution in [2.45, 2.75) is 6.42 Å². The van der Waals surface area contributed by atoms with Crippen molar-refractivity contribution in [1.29, 1.82) is 0 Å². The molecule has 1 heterocycles. The number of aromatic nitrogens is 1. The number of pyridine rings is 1. The molecule has 1 aromatic heterocycles. The molecule has 102 valence electrons. The van der Waals surface area contributed by atoms with E-state index in [9.17, 15) is 9.59 Å². The number of nitrogens with zero attached hydrogens (tertiary/aromatic N) is 1. The van der Waals surface area contributed by atoms with Crippen LogP contribution in [0.3, 0.4) is 0 Å². The maximum atomic E-state index is 11.9. The van der Waals surface area contributed by atoms with Gasteiger partial charge in [-0.05, 0) is 51.8 Å². The number of carbonyl (C=O) groups excluding carboxylic acids is 1. The van der Waals surface area contributed by atoms with Crippen molar-refractivity contribution >= 4 is 33.5 Å². The molecule has 2 N–H and O–H groups in total. The molecule has 5 nitrogen and oxygen atoms in total. The van der Waals surface area contributed by atoms with Crippen LogP contribution in [0.5, 0.6) is 0 Å². The number of carboxylic acids is 1. The van der Waals surface area contributed by atoms with E-state index >= 15 is 0 Å². The fourth-order valence-corrected chi connectivity index (χ4v) is 2.11. The summed E-state index contributed by atoms with van der Waals surface area (Å²) in [5.74, 6) is -1.19. The van der Waals surface area contributed by atoms with E-state index < -0.39 is 5.97 Å². The van der Waals surface area contributed by atoms with E-state index in [1.165, 1.54) is 12.1 Å². The van der Waals surface area contributed by atoms with Gasteiger partial charge in [-0.2, -0.15) is 0 Å². The highest BCUT2D eigenvalue weighted by Gasteiger charge is 2.09. The lowest BCUT2D eigenvalue weighted by atomic mass is 10.1. The smallest absolute Gasteiger partial charge is 0.335 e. The molecule has 0 radical (unpaired) electrons. The zero-order chi connectivity index (χ0) is 14.5. The van der Waals surface area contributed by atoms with Gasteiger partial charge >= 0.3 is 5.97 Å². The fraction of sp³-hybridized carbons (Fsp3) is 0.0714. The Morgan fingerprint density at radius 3 is 2.50 bits per heavy atom. The number of rotatable bonds is 4. The van der Waals surface area contributed by atoms with E-state index in [1.807, 2.05) is 0 Å². The highest BCUT2D eigenvalue weighted by Crippen LogP contribution is 2.23. The molecule has 0 aliphatic heterocycles. The first-order chi connectivity index (χ1) is 9.56. The number of halogens is 1. The lowest BCUT2D eigenvalue weighted by Gasteiger charge is -2.08. The maximum absolute atomic E-state index is 11.9. The predicted octanol–water partition coefficient (Wildman–Crippen LogP) is 2.72. The first-order valence-corrected chi connectivity index (χ1v) is 6.57. The Morgan fingerprint density at radius 1 is 1.20 bits per heavy atom. The van der Waals surface area contributed by atoms with Gasteiger partial charge in [-0.1, -0.05) is 0 Å². The summed E-state index contributed by atoms with van der Waals surface area (Å²) in [5, 5.41) is 11.6. The Kier molecular flexibility index (Phi) is 4.47. The van der Waals surface area contributed by atoms with E-state index in [-0.39, 0.29) is 17.9 Å². The van der Waals surface area contributed by atoms with Crippen LogP contribution in [0, 0.1) is 0 Å². The van der Waals surface area contributed by atoms with Gasteiger partial charge in [-0.15, -0.1) is 0 Å². The molecule has 0 aliphatic rings. The Hall–Kier alpha value is -2.21. The quantitative estimate of drug-likeness (QED) is 0.900. The summed E-state index contributed by atoms with van der Waals surface area (Å²) < 4.78 is 0.528. The molecule has 0 aliphatic carbocycles. The Balaban J connectivity index is 2.06. The highest BCUT2D eigenvalue weighted by molar-refractivity contribution is 9.10. The van der Waals surface area contributed by atoms with Crippen molar-refractivity contribution in [3.05, 3.63) is 58.3 Å². The van der Waals surface area contributed by atoms with Gasteiger partial charge in [0, 0.05) is 16.9 Å². The van der Waals surface area contributed by atoms with E-state index in [0.29, 0.717) is 10.2 Å². The van der Waals surface area contributed by atoms with Gasteiger partial charge in [0.05, 0.1) is 17.7 Å². The van der Waals surface area contributed by atoms with Crippen LogP contribution in [0.4, 0.5) is 5.69 Å². The second-order valence-electron chi connectivity index (χ2n) is 4.08. The Bertz CT molecular complexity index is 644. The molecule has 0 unspecified atom stereocenters. The van der Waals surface area contributed by atoms with Crippen molar-refractivity contribution in [1.82, 2.24) is 4.98 Å². The molecule has 0 saturated carbocycles. The summed E-state index contributed by atoms with van der Waals surface area (Å²) in [4.78, 5) is 26.6. The van der Waals surface area contributed by atoms with E-state index in [4.69, 9.17) is 5.11 Å². The maximum Gasteiger partial charge on any atom is 0.335 e. The van der Waals surface area contributed by atoms with Gasteiger partial charge in [0.2, 0.25) is 5.91 Å². The first kappa shape index (κ1) is 14.2. The van der Waals surface area contributed by atoms with Crippen molar-refractivity contribution in [2.24, 2.45) is 0 Å². The van der Waals surface area contributed by atoms with Gasteiger partial charge in [-0.25, -0.2) is 4.79 Å². The fourth-order valence-electron chi connectivity index (χ4n) is 1.63. The minimum Gasteiger partial charge on any atom is -0.478 e. The molecule has 6 heteroatoms. The molecule has 0 fully saturated rings. The van der Waals surface area contributed by atoms with Crippen LogP contribution >= 0.6 is 15.9 Å². The van der Waals surface area contributed by atoms with Crippen molar-refractivity contribution in [3.8, 4) is 0 Å². The number of hydrogen-bond donors (Lipinski definition) is 2. The lowest BCUT2D eigenvalue weighted by molar-refractivity contribution is -0.115. The monoisotopic (exact) mass is 334 g/mol. The number of benzene rings is 1. The number of nitrogens with one attached hydrogen (secondary N) is 1. The van der Waals surface area contributed by atoms with Crippen LogP contribution in [-0.4, -0.2) is 22.0 Å². The predicted molar refractivity (Wildman–Crippen MR) is 77.7 cm³/mol. The molecule has 1 aromatic carbocycles. The molecule has 0 atom stereocenters. The summed E-state index contributed by atoms with van der Waals surface area (Å²) in [7, 11) is 0. The number of anilines is 1. The molecule has 1 amide bonds. The molecular formula is C14H11BrN2O3. The third kappa shape index (κ3) is 3.64. The van der Waals surface area contributed by atoms with Crippen molar-refractivity contribution < 1.29 is 14.7 Å². The first-order valence-electron chi connectivity index (χ1n) is 5.78. The minimum absolute atomic E-state index is 0.156. The minimum atomic E-state index is -1.01. The SMILES string of the molecule is O=C(Cc1ccncc1)Nc1ccc(C(=O)O)cc1Br. The van der Waals surface area contributed by atoms with E-state index in [1.54, 1.807) is 30.6 Å². The standard InChI is InChI=1S/C14H11BrN2O3/c15-11-8-10(14(19)20)1-2-12(11)17-13(18)7-9-3-5-16-6-4-9/h1-6,8H,7H2,(H,17,18)(H,19,20).